The summed E-state index contributed by atoms with van der Waals surface area (Å²) >= 11 is 0. The third-order valence-corrected chi connectivity index (χ3v) is 2.59. The number of hydrogen-bond donors (Lipinski definition) is 2. The SMILES string of the molecule is CCN(OCCN)C1CN(CCN)CCO1. The van der Waals surface area contributed by atoms with Gasteiger partial charge in [-0.1, -0.05) is 0 Å². The van der Waals surface area contributed by atoms with Gasteiger partial charge in [0.15, 0.2) is 0 Å². The summed E-state index contributed by atoms with van der Waals surface area (Å²) in [5, 5.41) is 1.86. The van der Waals surface area contributed by atoms with Crippen LogP contribution in [-0.4, -0.2) is 68.7 Å². The Labute approximate surface area is 97.4 Å². The Balaban J connectivity index is 2.37. The summed E-state index contributed by atoms with van der Waals surface area (Å²) in [7, 11) is 0. The summed E-state index contributed by atoms with van der Waals surface area (Å²) < 4.78 is 5.68. The van der Waals surface area contributed by atoms with Gasteiger partial charge >= 0.3 is 0 Å². The van der Waals surface area contributed by atoms with Crippen molar-refractivity contribution in [3.8, 4) is 0 Å². The number of nitrogens with two attached hydrogens (primary N) is 2. The summed E-state index contributed by atoms with van der Waals surface area (Å²) in [6.45, 7) is 8.00. The fraction of sp³-hybridized carbons (Fsp3) is 1.00. The fourth-order valence-corrected chi connectivity index (χ4v) is 1.79. The lowest BCUT2D eigenvalue weighted by Gasteiger charge is -2.37. The molecule has 0 spiro atoms. The van der Waals surface area contributed by atoms with Crippen molar-refractivity contribution in [2.24, 2.45) is 11.5 Å². The second-order valence-corrected chi connectivity index (χ2v) is 3.77. The van der Waals surface area contributed by atoms with Gasteiger partial charge in [0.2, 0.25) is 0 Å². The van der Waals surface area contributed by atoms with Crippen LogP contribution in [0.25, 0.3) is 0 Å². The van der Waals surface area contributed by atoms with E-state index >= 15 is 0 Å². The van der Waals surface area contributed by atoms with Crippen LogP contribution in [0.3, 0.4) is 0 Å². The van der Waals surface area contributed by atoms with Crippen LogP contribution in [0.15, 0.2) is 0 Å². The van der Waals surface area contributed by atoms with Gasteiger partial charge in [0.25, 0.3) is 0 Å². The summed E-state index contributed by atoms with van der Waals surface area (Å²) in [6.07, 6.45) is -0.00292. The molecule has 6 nitrogen and oxygen atoms in total. The molecule has 0 aromatic rings. The van der Waals surface area contributed by atoms with Gasteiger partial charge < -0.3 is 16.2 Å². The summed E-state index contributed by atoms with van der Waals surface area (Å²) in [4.78, 5) is 7.83. The smallest absolute Gasteiger partial charge is 0.145 e. The molecule has 0 bridgehead atoms. The zero-order valence-corrected chi connectivity index (χ0v) is 10.1. The molecule has 0 saturated carbocycles. The first kappa shape index (κ1) is 13.8. The maximum Gasteiger partial charge on any atom is 0.145 e. The van der Waals surface area contributed by atoms with E-state index in [0.29, 0.717) is 19.7 Å². The molecule has 16 heavy (non-hydrogen) atoms. The minimum Gasteiger partial charge on any atom is -0.358 e. The van der Waals surface area contributed by atoms with Crippen LogP contribution >= 0.6 is 0 Å². The first-order chi connectivity index (χ1) is 7.81. The van der Waals surface area contributed by atoms with E-state index < -0.39 is 0 Å². The van der Waals surface area contributed by atoms with Gasteiger partial charge in [-0.2, -0.15) is 5.06 Å². The van der Waals surface area contributed by atoms with E-state index in [1.807, 2.05) is 12.0 Å². The second kappa shape index (κ2) is 7.94. The van der Waals surface area contributed by atoms with Crippen LogP contribution in [-0.2, 0) is 9.57 Å². The Morgan fingerprint density at radius 3 is 2.88 bits per heavy atom. The van der Waals surface area contributed by atoms with E-state index in [-0.39, 0.29) is 6.23 Å². The van der Waals surface area contributed by atoms with E-state index in [4.69, 9.17) is 21.0 Å². The molecule has 1 rings (SSSR count). The van der Waals surface area contributed by atoms with E-state index in [0.717, 1.165) is 32.8 Å². The Bertz CT molecular complexity index is 180. The van der Waals surface area contributed by atoms with E-state index in [1.54, 1.807) is 0 Å². The van der Waals surface area contributed by atoms with Gasteiger partial charge in [0, 0.05) is 39.3 Å². The van der Waals surface area contributed by atoms with Crippen molar-refractivity contribution in [1.29, 1.82) is 0 Å². The minimum atomic E-state index is -0.00292. The van der Waals surface area contributed by atoms with Crippen LogP contribution in [0.2, 0.25) is 0 Å². The molecule has 0 amide bonds. The first-order valence-electron chi connectivity index (χ1n) is 5.95. The van der Waals surface area contributed by atoms with Crippen LogP contribution in [0.1, 0.15) is 6.92 Å². The van der Waals surface area contributed by atoms with Crippen molar-refractivity contribution >= 4 is 0 Å². The van der Waals surface area contributed by atoms with Crippen LogP contribution in [0.4, 0.5) is 0 Å². The highest BCUT2D eigenvalue weighted by Crippen LogP contribution is 2.09. The second-order valence-electron chi connectivity index (χ2n) is 3.77. The third kappa shape index (κ3) is 4.32. The van der Waals surface area contributed by atoms with Crippen molar-refractivity contribution in [3.63, 3.8) is 0 Å². The number of hydrogen-bond acceptors (Lipinski definition) is 6. The Morgan fingerprint density at radius 2 is 2.25 bits per heavy atom. The number of morpholine rings is 1. The number of nitrogens with zero attached hydrogens (tertiary/aromatic N) is 2. The van der Waals surface area contributed by atoms with Crippen molar-refractivity contribution in [2.75, 3.05) is 52.5 Å². The van der Waals surface area contributed by atoms with Crippen LogP contribution in [0, 0.1) is 0 Å². The largest absolute Gasteiger partial charge is 0.358 e. The highest BCUT2D eigenvalue weighted by molar-refractivity contribution is 4.69. The predicted molar refractivity (Wildman–Crippen MR) is 62.6 cm³/mol. The van der Waals surface area contributed by atoms with Gasteiger partial charge in [-0.3, -0.25) is 9.74 Å². The standard InChI is InChI=1S/C10H24N4O2/c1-2-14(16-7-4-12)10-9-13(5-3-11)6-8-15-10/h10H,2-9,11-12H2,1H3. The number of likely N-dealkylation sites (N-methyl/N-ethyl adjacent to an activating group) is 1. The lowest BCUT2D eigenvalue weighted by atomic mass is 10.3. The Hall–Kier alpha value is -0.240. The average Bonchev–Trinajstić information content (AvgIpc) is 2.31. The molecule has 0 aromatic carbocycles. The van der Waals surface area contributed by atoms with Gasteiger partial charge in [0.1, 0.15) is 6.23 Å². The topological polar surface area (TPSA) is 77.0 Å². The lowest BCUT2D eigenvalue weighted by Crippen LogP contribution is -2.52. The highest BCUT2D eigenvalue weighted by atomic mass is 16.7. The number of hydroxylamine groups is 2. The molecule has 1 unspecified atom stereocenters. The fourth-order valence-electron chi connectivity index (χ4n) is 1.79. The van der Waals surface area contributed by atoms with Gasteiger partial charge in [0.05, 0.1) is 13.2 Å². The first-order valence-corrected chi connectivity index (χ1v) is 5.95. The maximum absolute atomic E-state index is 5.68. The molecule has 0 radical (unpaired) electrons. The molecular weight excluding hydrogens is 208 g/mol. The molecule has 1 fully saturated rings. The highest BCUT2D eigenvalue weighted by Gasteiger charge is 2.25. The van der Waals surface area contributed by atoms with Crippen LogP contribution in [0.5, 0.6) is 0 Å². The number of rotatable bonds is 7. The third-order valence-electron chi connectivity index (χ3n) is 2.59. The molecule has 0 aromatic heterocycles. The molecule has 1 heterocycles. The van der Waals surface area contributed by atoms with Crippen LogP contribution < -0.4 is 11.5 Å². The summed E-state index contributed by atoms with van der Waals surface area (Å²) in [5.74, 6) is 0. The monoisotopic (exact) mass is 232 g/mol. The summed E-state index contributed by atoms with van der Waals surface area (Å²) in [5.41, 5.74) is 11.0. The molecular formula is C10H24N4O2. The number of ether oxygens (including phenoxy) is 1. The molecule has 1 atom stereocenters. The van der Waals surface area contributed by atoms with E-state index in [9.17, 15) is 0 Å². The zero-order chi connectivity index (χ0) is 11.8. The van der Waals surface area contributed by atoms with Gasteiger partial charge in [-0.15, -0.1) is 0 Å². The van der Waals surface area contributed by atoms with Gasteiger partial charge in [-0.05, 0) is 6.92 Å². The quantitative estimate of drug-likeness (QED) is 0.538. The molecule has 1 aliphatic rings. The van der Waals surface area contributed by atoms with Gasteiger partial charge in [-0.25, -0.2) is 0 Å². The zero-order valence-electron chi connectivity index (χ0n) is 10.1. The minimum absolute atomic E-state index is 0.00292. The molecule has 1 aliphatic heterocycles. The predicted octanol–water partition coefficient (Wildman–Crippen LogP) is -1.18. The van der Waals surface area contributed by atoms with Crippen molar-refractivity contribution in [1.82, 2.24) is 9.96 Å². The molecule has 96 valence electrons. The summed E-state index contributed by atoms with van der Waals surface area (Å²) in [6, 6.07) is 0. The molecule has 0 aliphatic carbocycles. The molecule has 4 N–H and O–H groups in total. The Morgan fingerprint density at radius 1 is 1.44 bits per heavy atom. The van der Waals surface area contributed by atoms with Crippen molar-refractivity contribution in [2.45, 2.75) is 13.2 Å². The Kier molecular flexibility index (Phi) is 6.86. The molecule has 6 heteroatoms. The van der Waals surface area contributed by atoms with Crippen molar-refractivity contribution in [3.05, 3.63) is 0 Å². The average molecular weight is 232 g/mol. The normalized spacial score (nSPS) is 22.9. The molecule has 1 saturated heterocycles. The van der Waals surface area contributed by atoms with E-state index in [2.05, 4.69) is 4.90 Å². The van der Waals surface area contributed by atoms with E-state index in [1.165, 1.54) is 0 Å². The lowest BCUT2D eigenvalue weighted by molar-refractivity contribution is -0.264. The van der Waals surface area contributed by atoms with Crippen molar-refractivity contribution < 1.29 is 9.57 Å². The maximum atomic E-state index is 5.68.